The van der Waals surface area contributed by atoms with Crippen molar-refractivity contribution in [3.8, 4) is 0 Å². The monoisotopic (exact) mass is 170 g/mol. The largest absolute Gasteiger partial charge is 0.102 e. The third-order valence-corrected chi connectivity index (χ3v) is 2.75. The molecular weight excluding hydrogens is 156 g/mol. The molecule has 0 heteroatoms. The summed E-state index contributed by atoms with van der Waals surface area (Å²) >= 11 is 0. The van der Waals surface area contributed by atoms with Gasteiger partial charge in [0.15, 0.2) is 0 Å². The van der Waals surface area contributed by atoms with Gasteiger partial charge in [-0.25, -0.2) is 0 Å². The van der Waals surface area contributed by atoms with E-state index in [-0.39, 0.29) is 0 Å². The molecule has 0 fully saturated rings. The van der Waals surface area contributed by atoms with Crippen molar-refractivity contribution in [1.29, 1.82) is 0 Å². The number of benzene rings is 1. The molecule has 66 valence electrons. The first-order valence-electron chi connectivity index (χ1n) is 4.71. The second kappa shape index (κ2) is 3.21. The van der Waals surface area contributed by atoms with Crippen LogP contribution in [0.1, 0.15) is 30.4 Å². The van der Waals surface area contributed by atoms with E-state index in [9.17, 15) is 0 Å². The van der Waals surface area contributed by atoms with Gasteiger partial charge in [0.2, 0.25) is 0 Å². The molecule has 0 radical (unpaired) electrons. The van der Waals surface area contributed by atoms with Gasteiger partial charge in [0.05, 0.1) is 0 Å². The summed E-state index contributed by atoms with van der Waals surface area (Å²) < 4.78 is 0. The van der Waals surface area contributed by atoms with Crippen molar-refractivity contribution >= 4 is 5.57 Å². The lowest BCUT2D eigenvalue weighted by Gasteiger charge is -2.21. The van der Waals surface area contributed by atoms with Crippen LogP contribution in [-0.2, 0) is 0 Å². The number of hydrogen-bond acceptors (Lipinski definition) is 0. The fourth-order valence-corrected chi connectivity index (χ4v) is 1.94. The molecule has 0 N–H and O–H groups in total. The molecule has 0 aromatic heterocycles. The minimum Gasteiger partial charge on any atom is -0.102 e. The van der Waals surface area contributed by atoms with E-state index in [4.69, 9.17) is 0 Å². The van der Waals surface area contributed by atoms with Gasteiger partial charge in [0, 0.05) is 5.92 Å². The highest BCUT2D eigenvalue weighted by Crippen LogP contribution is 2.34. The standard InChI is InChI=1S/C13H14/c1-3-11-9-8-10(2)12-6-4-5-7-13(11)12/h3-8,11H,1,9H2,2H3. The zero-order valence-corrected chi connectivity index (χ0v) is 7.96. The van der Waals surface area contributed by atoms with Crippen LogP contribution in [-0.4, -0.2) is 0 Å². The van der Waals surface area contributed by atoms with E-state index in [1.165, 1.54) is 16.7 Å². The molecule has 0 nitrogen and oxygen atoms in total. The Bertz CT molecular complexity index is 358. The fraction of sp³-hybridized carbons (Fsp3) is 0.231. The average Bonchev–Trinajstić information content (AvgIpc) is 2.19. The molecule has 1 aromatic carbocycles. The first-order chi connectivity index (χ1) is 6.33. The summed E-state index contributed by atoms with van der Waals surface area (Å²) in [6, 6.07) is 8.60. The van der Waals surface area contributed by atoms with Crippen molar-refractivity contribution in [3.63, 3.8) is 0 Å². The molecule has 1 aliphatic carbocycles. The van der Waals surface area contributed by atoms with Crippen LogP contribution >= 0.6 is 0 Å². The summed E-state index contributed by atoms with van der Waals surface area (Å²) in [6.45, 7) is 6.06. The van der Waals surface area contributed by atoms with E-state index in [0.717, 1.165) is 6.42 Å². The summed E-state index contributed by atoms with van der Waals surface area (Å²) in [5.74, 6) is 0.514. The lowest BCUT2D eigenvalue weighted by molar-refractivity contribution is 0.848. The maximum Gasteiger partial charge on any atom is 0.00560 e. The molecule has 1 atom stereocenters. The Morgan fingerprint density at radius 3 is 2.92 bits per heavy atom. The SMILES string of the molecule is C=CC1CC=C(C)c2ccccc21. The topological polar surface area (TPSA) is 0 Å². The van der Waals surface area contributed by atoms with Crippen LogP contribution in [0.3, 0.4) is 0 Å². The van der Waals surface area contributed by atoms with Crippen molar-refractivity contribution < 1.29 is 0 Å². The van der Waals surface area contributed by atoms with Gasteiger partial charge in [0.1, 0.15) is 0 Å². The molecule has 13 heavy (non-hydrogen) atoms. The lowest BCUT2D eigenvalue weighted by atomic mass is 9.84. The summed E-state index contributed by atoms with van der Waals surface area (Å²) in [6.07, 6.45) is 5.45. The maximum atomic E-state index is 3.88. The highest BCUT2D eigenvalue weighted by Gasteiger charge is 2.15. The van der Waals surface area contributed by atoms with Crippen molar-refractivity contribution in [2.75, 3.05) is 0 Å². The predicted molar refractivity (Wildman–Crippen MR) is 57.6 cm³/mol. The third kappa shape index (κ3) is 1.33. The lowest BCUT2D eigenvalue weighted by Crippen LogP contribution is -2.02. The van der Waals surface area contributed by atoms with Crippen molar-refractivity contribution in [3.05, 3.63) is 54.1 Å². The number of allylic oxidation sites excluding steroid dienone is 3. The van der Waals surface area contributed by atoms with Gasteiger partial charge in [0.25, 0.3) is 0 Å². The second-order valence-electron chi connectivity index (χ2n) is 3.55. The fourth-order valence-electron chi connectivity index (χ4n) is 1.94. The smallest absolute Gasteiger partial charge is 0.00560 e. The van der Waals surface area contributed by atoms with Crippen LogP contribution in [0.5, 0.6) is 0 Å². The van der Waals surface area contributed by atoms with Crippen molar-refractivity contribution in [2.45, 2.75) is 19.3 Å². The van der Waals surface area contributed by atoms with Gasteiger partial charge in [-0.15, -0.1) is 6.58 Å². The Hall–Kier alpha value is -1.30. The van der Waals surface area contributed by atoms with Crippen LogP contribution in [0, 0.1) is 0 Å². The average molecular weight is 170 g/mol. The van der Waals surface area contributed by atoms with Crippen molar-refractivity contribution in [2.24, 2.45) is 0 Å². The third-order valence-electron chi connectivity index (χ3n) is 2.75. The Morgan fingerprint density at radius 1 is 1.38 bits per heavy atom. The normalized spacial score (nSPS) is 20.4. The summed E-state index contributed by atoms with van der Waals surface area (Å²) in [7, 11) is 0. The number of hydrogen-bond donors (Lipinski definition) is 0. The van der Waals surface area contributed by atoms with Gasteiger partial charge in [-0.3, -0.25) is 0 Å². The van der Waals surface area contributed by atoms with E-state index in [0.29, 0.717) is 5.92 Å². The molecule has 0 heterocycles. The van der Waals surface area contributed by atoms with Gasteiger partial charge >= 0.3 is 0 Å². The van der Waals surface area contributed by atoms with Crippen LogP contribution in [0.4, 0.5) is 0 Å². The first kappa shape index (κ1) is 8.31. The summed E-state index contributed by atoms with van der Waals surface area (Å²) in [4.78, 5) is 0. The van der Waals surface area contributed by atoms with Crippen LogP contribution < -0.4 is 0 Å². The van der Waals surface area contributed by atoms with Gasteiger partial charge in [-0.2, -0.15) is 0 Å². The number of rotatable bonds is 1. The molecule has 2 rings (SSSR count). The molecule has 0 saturated heterocycles. The zero-order chi connectivity index (χ0) is 9.26. The van der Waals surface area contributed by atoms with Crippen LogP contribution in [0.15, 0.2) is 43.0 Å². The van der Waals surface area contributed by atoms with Gasteiger partial charge in [-0.1, -0.05) is 36.4 Å². The van der Waals surface area contributed by atoms with Crippen molar-refractivity contribution in [1.82, 2.24) is 0 Å². The van der Waals surface area contributed by atoms with Gasteiger partial charge < -0.3 is 0 Å². The van der Waals surface area contributed by atoms with Crippen LogP contribution in [0.2, 0.25) is 0 Å². The molecule has 1 aliphatic rings. The molecule has 0 amide bonds. The second-order valence-corrected chi connectivity index (χ2v) is 3.55. The molecule has 0 bridgehead atoms. The Morgan fingerprint density at radius 2 is 2.15 bits per heavy atom. The van der Waals surface area contributed by atoms with E-state index >= 15 is 0 Å². The minimum atomic E-state index is 0.514. The summed E-state index contributed by atoms with van der Waals surface area (Å²) in [5.41, 5.74) is 4.21. The Balaban J connectivity index is 2.56. The highest BCUT2D eigenvalue weighted by atomic mass is 14.2. The Kier molecular flexibility index (Phi) is 2.05. The molecular formula is C13H14. The van der Waals surface area contributed by atoms with E-state index in [1.54, 1.807) is 0 Å². The maximum absolute atomic E-state index is 3.88. The summed E-state index contributed by atoms with van der Waals surface area (Å²) in [5, 5.41) is 0. The minimum absolute atomic E-state index is 0.514. The van der Waals surface area contributed by atoms with E-state index in [1.807, 2.05) is 6.08 Å². The quantitative estimate of drug-likeness (QED) is 0.563. The molecule has 0 saturated carbocycles. The zero-order valence-electron chi connectivity index (χ0n) is 7.96. The van der Waals surface area contributed by atoms with Gasteiger partial charge in [-0.05, 0) is 30.0 Å². The molecule has 1 unspecified atom stereocenters. The molecule has 0 aliphatic heterocycles. The van der Waals surface area contributed by atoms with E-state index < -0.39 is 0 Å². The van der Waals surface area contributed by atoms with Crippen LogP contribution in [0.25, 0.3) is 5.57 Å². The Labute approximate surface area is 79.6 Å². The number of fused-ring (bicyclic) bond motifs is 1. The molecule has 0 spiro atoms. The highest BCUT2D eigenvalue weighted by molar-refractivity contribution is 5.69. The first-order valence-corrected chi connectivity index (χ1v) is 4.71. The predicted octanol–water partition coefficient (Wildman–Crippen LogP) is 3.76. The van der Waals surface area contributed by atoms with E-state index in [2.05, 4.69) is 43.8 Å². The molecule has 1 aromatic rings.